The van der Waals surface area contributed by atoms with Gasteiger partial charge in [-0.3, -0.25) is 10.1 Å². The zero-order valence-electron chi connectivity index (χ0n) is 13.0. The number of nitrogens with zero attached hydrogens (tertiary/aromatic N) is 3. The summed E-state index contributed by atoms with van der Waals surface area (Å²) < 4.78 is 15.9. The van der Waals surface area contributed by atoms with Gasteiger partial charge >= 0.3 is 0 Å². The molecule has 122 valence electrons. The Balaban J connectivity index is 1.74. The molecule has 1 amide bonds. The normalized spacial score (nSPS) is 15.0. The highest BCUT2D eigenvalue weighted by molar-refractivity contribution is 7.92. The molecule has 0 atom stereocenters. The van der Waals surface area contributed by atoms with E-state index in [1.165, 1.54) is 17.8 Å². The van der Waals surface area contributed by atoms with E-state index in [0.717, 1.165) is 17.8 Å². The van der Waals surface area contributed by atoms with Crippen molar-refractivity contribution in [3.05, 3.63) is 34.8 Å². The summed E-state index contributed by atoms with van der Waals surface area (Å²) in [6.07, 6.45) is 6.66. The zero-order valence-corrected chi connectivity index (χ0v) is 14.6. The maximum atomic E-state index is 12.3. The second-order valence-corrected chi connectivity index (χ2v) is 9.40. The van der Waals surface area contributed by atoms with E-state index in [1.807, 2.05) is 0 Å². The first-order valence-electron chi connectivity index (χ1n) is 7.33. The highest BCUT2D eigenvalue weighted by Crippen LogP contribution is 2.38. The Morgan fingerprint density at radius 2 is 2.13 bits per heavy atom. The first kappa shape index (κ1) is 16.1. The molecule has 3 rings (SSSR count). The number of nitrogens with one attached hydrogen (secondary N) is 1. The molecule has 0 spiro atoms. The molecule has 1 N–H and O–H groups in total. The van der Waals surface area contributed by atoms with E-state index in [-0.39, 0.29) is 5.91 Å². The third kappa shape index (κ3) is 4.14. The highest BCUT2D eigenvalue weighted by Gasteiger charge is 2.23. The van der Waals surface area contributed by atoms with Crippen molar-refractivity contribution < 1.29 is 9.00 Å². The van der Waals surface area contributed by atoms with Crippen molar-refractivity contribution in [1.82, 2.24) is 10.2 Å². The molecule has 23 heavy (non-hydrogen) atoms. The molecule has 0 unspecified atom stereocenters. The van der Waals surface area contributed by atoms with Gasteiger partial charge in [0, 0.05) is 33.7 Å². The van der Waals surface area contributed by atoms with E-state index >= 15 is 0 Å². The van der Waals surface area contributed by atoms with Gasteiger partial charge in [0.25, 0.3) is 5.91 Å². The van der Waals surface area contributed by atoms with E-state index in [0.29, 0.717) is 22.3 Å². The van der Waals surface area contributed by atoms with Crippen LogP contribution in [-0.2, 0) is 9.73 Å². The molecule has 6 nitrogen and oxygen atoms in total. The van der Waals surface area contributed by atoms with Crippen LogP contribution in [-0.4, -0.2) is 32.8 Å². The summed E-state index contributed by atoms with van der Waals surface area (Å²) in [5.41, 5.74) is 0.982. The van der Waals surface area contributed by atoms with Crippen molar-refractivity contribution in [3.8, 4) is 0 Å². The maximum absolute atomic E-state index is 12.3. The van der Waals surface area contributed by atoms with Gasteiger partial charge in [0.15, 0.2) is 0 Å². The second kappa shape index (κ2) is 6.37. The van der Waals surface area contributed by atoms with Crippen molar-refractivity contribution in [1.29, 1.82) is 0 Å². The molecule has 1 aromatic carbocycles. The van der Waals surface area contributed by atoms with Crippen LogP contribution in [0.25, 0.3) is 0 Å². The third-order valence-corrected chi connectivity index (χ3v) is 5.20. The number of rotatable bonds is 4. The molecule has 1 aliphatic carbocycles. The van der Waals surface area contributed by atoms with Crippen molar-refractivity contribution in [2.45, 2.75) is 25.2 Å². The molecule has 2 aromatic rings. The first-order chi connectivity index (χ1) is 10.9. The van der Waals surface area contributed by atoms with Crippen LogP contribution < -0.4 is 5.32 Å². The molecule has 1 aromatic heterocycles. The molecule has 0 aliphatic heterocycles. The lowest BCUT2D eigenvalue weighted by Crippen LogP contribution is -2.11. The fourth-order valence-electron chi connectivity index (χ4n) is 2.23. The second-order valence-electron chi connectivity index (χ2n) is 5.85. The highest BCUT2D eigenvalue weighted by atomic mass is 32.2. The molecule has 0 saturated heterocycles. The minimum atomic E-state index is -2.26. The molecule has 8 heteroatoms. The number of aromatic nitrogens is 2. The Morgan fingerprint density at radius 1 is 1.35 bits per heavy atom. The van der Waals surface area contributed by atoms with E-state index in [2.05, 4.69) is 19.9 Å². The molecular formula is C15H18N4O2S2. The summed E-state index contributed by atoms with van der Waals surface area (Å²) in [6, 6.07) is 6.76. The minimum absolute atomic E-state index is 0.267. The summed E-state index contributed by atoms with van der Waals surface area (Å²) in [7, 11) is -2.26. The summed E-state index contributed by atoms with van der Waals surface area (Å²) in [6.45, 7) is 0. The molecule has 0 radical (unpaired) electrons. The van der Waals surface area contributed by atoms with E-state index in [1.54, 1.807) is 36.8 Å². The quantitative estimate of drug-likeness (QED) is 0.915. The van der Waals surface area contributed by atoms with Crippen molar-refractivity contribution in [2.75, 3.05) is 17.8 Å². The van der Waals surface area contributed by atoms with Crippen LogP contribution in [0.1, 0.15) is 40.5 Å². The Hall–Kier alpha value is -1.80. The summed E-state index contributed by atoms with van der Waals surface area (Å²) in [5.74, 6) is 0.236. The molecule has 1 aliphatic rings. The van der Waals surface area contributed by atoms with Crippen LogP contribution in [0.15, 0.2) is 28.6 Å². The lowest BCUT2D eigenvalue weighted by atomic mass is 9.86. The summed E-state index contributed by atoms with van der Waals surface area (Å²) >= 11 is 1.43. The van der Waals surface area contributed by atoms with Crippen LogP contribution in [0.5, 0.6) is 0 Å². The fourth-order valence-corrected chi connectivity index (χ4v) is 3.76. The number of benzene rings is 1. The van der Waals surface area contributed by atoms with Crippen LogP contribution in [0.3, 0.4) is 0 Å². The third-order valence-electron chi connectivity index (χ3n) is 3.55. The monoisotopic (exact) mass is 350 g/mol. The average molecular weight is 350 g/mol. The Morgan fingerprint density at radius 3 is 2.78 bits per heavy atom. The number of hydrogen-bond donors (Lipinski definition) is 1. The molecule has 1 saturated carbocycles. The number of carbonyl (C=O) groups excluding carboxylic acids is 1. The van der Waals surface area contributed by atoms with Gasteiger partial charge in [0.2, 0.25) is 5.13 Å². The van der Waals surface area contributed by atoms with Crippen molar-refractivity contribution in [3.63, 3.8) is 0 Å². The van der Waals surface area contributed by atoms with Gasteiger partial charge in [0.05, 0.1) is 5.69 Å². The standard InChI is InChI=1S/C15H18N4O2S2/c1-23(2,21)19-12-8-4-7-11(9-12)13(20)16-15-18-17-14(22-15)10-5-3-6-10/h4,7-10H,3,5-6H2,1-2H3,(H,16,18,20). The predicted octanol–water partition coefficient (Wildman–Crippen LogP) is 3.42. The lowest BCUT2D eigenvalue weighted by molar-refractivity contribution is 0.102. The average Bonchev–Trinajstić information content (AvgIpc) is 2.83. The zero-order chi connectivity index (χ0) is 16.4. The first-order valence-corrected chi connectivity index (χ1v) is 10.5. The van der Waals surface area contributed by atoms with Crippen molar-refractivity contribution in [2.24, 2.45) is 4.36 Å². The van der Waals surface area contributed by atoms with Gasteiger partial charge < -0.3 is 0 Å². The fraction of sp³-hybridized carbons (Fsp3) is 0.400. The van der Waals surface area contributed by atoms with Crippen molar-refractivity contribution >= 4 is 37.8 Å². The van der Waals surface area contributed by atoms with E-state index < -0.39 is 9.73 Å². The Kier molecular flexibility index (Phi) is 4.45. The van der Waals surface area contributed by atoms with Crippen LogP contribution in [0.4, 0.5) is 10.8 Å². The number of anilines is 1. The summed E-state index contributed by atoms with van der Waals surface area (Å²) in [5, 5.41) is 12.4. The predicted molar refractivity (Wildman–Crippen MR) is 93.0 cm³/mol. The molecule has 0 bridgehead atoms. The van der Waals surface area contributed by atoms with Gasteiger partial charge in [-0.25, -0.2) is 4.21 Å². The Bertz CT molecular complexity index is 841. The number of carbonyl (C=O) groups is 1. The number of amides is 1. The van der Waals surface area contributed by atoms with E-state index in [9.17, 15) is 9.00 Å². The maximum Gasteiger partial charge on any atom is 0.257 e. The SMILES string of the molecule is CS(C)(=O)=Nc1cccc(C(=O)Nc2nnc(C3CCC3)s2)c1. The molecular weight excluding hydrogens is 332 g/mol. The Labute approximate surface area is 139 Å². The van der Waals surface area contributed by atoms with Gasteiger partial charge in [-0.15, -0.1) is 10.2 Å². The number of hydrogen-bond acceptors (Lipinski definition) is 6. The van der Waals surface area contributed by atoms with E-state index in [4.69, 9.17) is 0 Å². The van der Waals surface area contributed by atoms with Gasteiger partial charge in [-0.2, -0.15) is 4.36 Å². The molecule has 1 heterocycles. The van der Waals surface area contributed by atoms with Gasteiger partial charge in [-0.1, -0.05) is 23.8 Å². The van der Waals surface area contributed by atoms with Crippen LogP contribution >= 0.6 is 11.3 Å². The van der Waals surface area contributed by atoms with Crippen LogP contribution in [0.2, 0.25) is 0 Å². The largest absolute Gasteiger partial charge is 0.296 e. The van der Waals surface area contributed by atoms with Crippen LogP contribution in [0, 0.1) is 0 Å². The lowest BCUT2D eigenvalue weighted by Gasteiger charge is -2.21. The van der Waals surface area contributed by atoms with Gasteiger partial charge in [-0.05, 0) is 31.0 Å². The minimum Gasteiger partial charge on any atom is -0.296 e. The topological polar surface area (TPSA) is 84.3 Å². The summed E-state index contributed by atoms with van der Waals surface area (Å²) in [4.78, 5) is 12.3. The van der Waals surface area contributed by atoms with Gasteiger partial charge in [0.1, 0.15) is 5.01 Å². The molecule has 1 fully saturated rings. The smallest absolute Gasteiger partial charge is 0.257 e.